The minimum absolute atomic E-state index is 0.153. The zero-order valence-corrected chi connectivity index (χ0v) is 17.2. The van der Waals surface area contributed by atoms with E-state index in [1.807, 2.05) is 30.3 Å². The van der Waals surface area contributed by atoms with Gasteiger partial charge in [0.15, 0.2) is 5.52 Å². The van der Waals surface area contributed by atoms with Gasteiger partial charge < -0.3 is 30.5 Å². The summed E-state index contributed by atoms with van der Waals surface area (Å²) in [6, 6.07) is 8.92. The molecule has 2 aromatic heterocycles. The number of benzene rings is 1. The molecule has 1 fully saturated rings. The fourth-order valence-electron chi connectivity index (χ4n) is 3.66. The van der Waals surface area contributed by atoms with E-state index in [1.54, 1.807) is 9.13 Å². The van der Waals surface area contributed by atoms with Gasteiger partial charge in [-0.2, -0.15) is 0 Å². The molecule has 0 bridgehead atoms. The second-order valence-corrected chi connectivity index (χ2v) is 8.43. The van der Waals surface area contributed by atoms with E-state index in [1.165, 1.54) is 12.7 Å². The number of hydrogen-bond acceptors (Lipinski definition) is 8. The van der Waals surface area contributed by atoms with Crippen LogP contribution in [0.3, 0.4) is 0 Å². The van der Waals surface area contributed by atoms with Crippen LogP contribution in [0.5, 0.6) is 0 Å². The molecule has 166 valence electrons. The first-order chi connectivity index (χ1) is 14.8. The molecular weight excluding hydrogens is 429 g/mol. The Balaban J connectivity index is 1.61. The van der Waals surface area contributed by atoms with E-state index < -0.39 is 38.9 Å². The number of ether oxygens (including phenoxy) is 1. The summed E-state index contributed by atoms with van der Waals surface area (Å²) < 4.78 is 24.3. The van der Waals surface area contributed by atoms with Crippen LogP contribution < -0.4 is 10.3 Å². The van der Waals surface area contributed by atoms with Crippen molar-refractivity contribution in [3.8, 4) is 0 Å². The molecule has 3 heterocycles. The Hall–Kier alpha value is -2.44. The van der Waals surface area contributed by atoms with Crippen molar-refractivity contribution in [2.75, 3.05) is 18.9 Å². The lowest BCUT2D eigenvalue weighted by Gasteiger charge is -2.16. The van der Waals surface area contributed by atoms with Gasteiger partial charge in [-0.15, -0.1) is 0 Å². The van der Waals surface area contributed by atoms with Crippen LogP contribution in [0.15, 0.2) is 43.0 Å². The lowest BCUT2D eigenvalue weighted by Crippen LogP contribution is -2.45. The number of aliphatic hydroxyl groups is 2. The molecule has 6 N–H and O–H groups in total. The maximum absolute atomic E-state index is 10.9. The molecule has 3 aromatic rings. The number of anilines is 1. The Labute approximate surface area is 176 Å². The van der Waals surface area contributed by atoms with Gasteiger partial charge in [-0.25, -0.2) is 14.1 Å². The number of rotatable bonds is 7. The van der Waals surface area contributed by atoms with Gasteiger partial charge in [0.1, 0.15) is 24.7 Å². The van der Waals surface area contributed by atoms with Gasteiger partial charge in [-0.3, -0.25) is 9.09 Å². The predicted octanol–water partition coefficient (Wildman–Crippen LogP) is -0.360. The Morgan fingerprint density at radius 1 is 1.32 bits per heavy atom. The van der Waals surface area contributed by atoms with Crippen LogP contribution in [0, 0.1) is 0 Å². The summed E-state index contributed by atoms with van der Waals surface area (Å²) in [5.74, 6) is 0.298. The Morgan fingerprint density at radius 2 is 2.06 bits per heavy atom. The quantitative estimate of drug-likeness (QED) is 0.235. The van der Waals surface area contributed by atoms with Crippen molar-refractivity contribution in [2.24, 2.45) is 0 Å². The molecule has 12 nitrogen and oxygen atoms in total. The summed E-state index contributed by atoms with van der Waals surface area (Å²) >= 11 is 0. The Kier molecular flexibility index (Phi) is 6.04. The third kappa shape index (κ3) is 4.46. The Morgan fingerprint density at radius 3 is 2.74 bits per heavy atom. The first-order valence-electron chi connectivity index (χ1n) is 9.50. The summed E-state index contributed by atoms with van der Waals surface area (Å²) in [6.45, 7) is -0.647. The predicted molar refractivity (Wildman–Crippen MR) is 106 cm³/mol. The number of nitrogen functional groups attached to an aromatic ring is 1. The topological polar surface area (TPSA) is 177 Å². The van der Waals surface area contributed by atoms with Crippen molar-refractivity contribution >= 4 is 24.8 Å². The number of phosphoric ester groups is 1. The minimum atomic E-state index is -4.68. The zero-order valence-electron chi connectivity index (χ0n) is 16.3. The fourth-order valence-corrected chi connectivity index (χ4v) is 4.00. The number of nitrogens with two attached hydrogens (primary N) is 1. The molecule has 0 amide bonds. The summed E-state index contributed by atoms with van der Waals surface area (Å²) in [7, 11) is -4.68. The summed E-state index contributed by atoms with van der Waals surface area (Å²) in [6.07, 6.45) is 0.549. The van der Waals surface area contributed by atoms with Crippen LogP contribution in [0.4, 0.5) is 5.82 Å². The van der Waals surface area contributed by atoms with Gasteiger partial charge >= 0.3 is 7.82 Å². The third-order valence-electron chi connectivity index (χ3n) is 5.21. The van der Waals surface area contributed by atoms with Gasteiger partial charge in [-0.05, 0) is 5.56 Å². The summed E-state index contributed by atoms with van der Waals surface area (Å²) in [4.78, 5) is 26.5. The normalized spacial score (nSPS) is 22.8. The first-order valence-corrected chi connectivity index (χ1v) is 11.0. The van der Waals surface area contributed by atoms with Crippen molar-refractivity contribution < 1.29 is 38.4 Å². The van der Waals surface area contributed by atoms with E-state index in [9.17, 15) is 14.8 Å². The van der Waals surface area contributed by atoms with Gasteiger partial charge in [0, 0.05) is 6.42 Å². The fraction of sp³-hybridized carbons (Fsp3) is 0.389. The standard InChI is InChI=1S/C18H22N5O7P/c19-17-16-18(21-10-22(17)12(7-24)11-4-2-1-3-5-11)23(9-20-16)15-6-13(25)14(30-15)8-29-31(26,27)28/h1-5,9-10,12-15,19,24-25H,6-8H2,(H2,26,27,28)/p+1/t12?,13-,14+,15+/m0/s1. The van der Waals surface area contributed by atoms with E-state index >= 15 is 0 Å². The van der Waals surface area contributed by atoms with Crippen LogP contribution in [0.2, 0.25) is 0 Å². The number of aliphatic hydroxyl groups excluding tert-OH is 2. The molecule has 0 saturated carbocycles. The summed E-state index contributed by atoms with van der Waals surface area (Å²) in [5.41, 5.74) is 8.00. The third-order valence-corrected chi connectivity index (χ3v) is 5.69. The second kappa shape index (κ2) is 8.60. The minimum Gasteiger partial charge on any atom is -0.392 e. The van der Waals surface area contributed by atoms with Crippen LogP contribution in [-0.4, -0.2) is 60.0 Å². The van der Waals surface area contributed by atoms with Crippen molar-refractivity contribution in [2.45, 2.75) is 30.9 Å². The molecule has 1 aliphatic heterocycles. The molecule has 1 aliphatic rings. The molecule has 1 aromatic carbocycles. The highest BCUT2D eigenvalue weighted by atomic mass is 31.2. The molecule has 0 aliphatic carbocycles. The molecule has 4 atom stereocenters. The highest BCUT2D eigenvalue weighted by molar-refractivity contribution is 7.46. The summed E-state index contributed by atoms with van der Waals surface area (Å²) in [5, 5.41) is 20.1. The van der Waals surface area contributed by atoms with Crippen LogP contribution in [0.25, 0.3) is 11.2 Å². The van der Waals surface area contributed by atoms with Crippen LogP contribution in [-0.2, 0) is 13.8 Å². The van der Waals surface area contributed by atoms with E-state index in [2.05, 4.69) is 14.5 Å². The lowest BCUT2D eigenvalue weighted by molar-refractivity contribution is -0.703. The zero-order chi connectivity index (χ0) is 22.2. The SMILES string of the molecule is Nc1c2ncn([C@H]3C[C@H](O)[C@@H](COP(=O)(O)O)O3)c2nc[n+]1C(CO)c1ccccc1. The molecule has 1 saturated heterocycles. The van der Waals surface area contributed by atoms with Gasteiger partial charge in [-0.1, -0.05) is 35.3 Å². The number of aromatic nitrogens is 4. The van der Waals surface area contributed by atoms with E-state index in [-0.39, 0.29) is 13.0 Å². The molecule has 31 heavy (non-hydrogen) atoms. The average molecular weight is 452 g/mol. The first kappa shape index (κ1) is 21.8. The highest BCUT2D eigenvalue weighted by Gasteiger charge is 2.38. The maximum atomic E-state index is 10.9. The van der Waals surface area contributed by atoms with Crippen molar-refractivity contribution in [1.82, 2.24) is 14.5 Å². The molecule has 1 unspecified atom stereocenters. The highest BCUT2D eigenvalue weighted by Crippen LogP contribution is 2.38. The van der Waals surface area contributed by atoms with Gasteiger partial charge in [0.05, 0.1) is 19.3 Å². The average Bonchev–Trinajstić information content (AvgIpc) is 3.32. The number of hydrogen-bond donors (Lipinski definition) is 5. The largest absolute Gasteiger partial charge is 0.469 e. The molecular formula is C18H23N5O7P+. The van der Waals surface area contributed by atoms with Gasteiger partial charge in [0.25, 0.3) is 5.82 Å². The van der Waals surface area contributed by atoms with Gasteiger partial charge in [0.2, 0.25) is 12.0 Å². The smallest absolute Gasteiger partial charge is 0.392 e. The number of nitrogens with zero attached hydrogens (tertiary/aromatic N) is 4. The van der Waals surface area contributed by atoms with E-state index in [0.717, 1.165) is 5.56 Å². The maximum Gasteiger partial charge on any atom is 0.469 e. The molecule has 4 rings (SSSR count). The van der Waals surface area contributed by atoms with Crippen LogP contribution >= 0.6 is 7.82 Å². The van der Waals surface area contributed by atoms with Crippen molar-refractivity contribution in [3.63, 3.8) is 0 Å². The van der Waals surface area contributed by atoms with Crippen LogP contribution in [0.1, 0.15) is 24.3 Å². The number of imidazole rings is 1. The van der Waals surface area contributed by atoms with Crippen molar-refractivity contribution in [3.05, 3.63) is 48.5 Å². The molecule has 0 spiro atoms. The molecule has 13 heteroatoms. The lowest BCUT2D eigenvalue weighted by atomic mass is 10.1. The van der Waals surface area contributed by atoms with Crippen molar-refractivity contribution in [1.29, 1.82) is 0 Å². The number of fused-ring (bicyclic) bond motifs is 1. The monoisotopic (exact) mass is 452 g/mol. The Bertz CT molecular complexity index is 1110. The molecule has 0 radical (unpaired) electrons. The van der Waals surface area contributed by atoms with E-state index in [4.69, 9.17) is 20.3 Å². The van der Waals surface area contributed by atoms with E-state index in [0.29, 0.717) is 17.0 Å². The second-order valence-electron chi connectivity index (χ2n) is 7.19. The number of phosphoric acid groups is 1.